The second kappa shape index (κ2) is 5.96. The van der Waals surface area contributed by atoms with Crippen LogP contribution in [0.4, 0.5) is 0 Å². The number of hydrogen-bond donors (Lipinski definition) is 1. The molecule has 1 aliphatic rings. The van der Waals surface area contributed by atoms with Crippen molar-refractivity contribution >= 4 is 0 Å². The molecule has 0 aliphatic heterocycles. The van der Waals surface area contributed by atoms with Gasteiger partial charge in [0.05, 0.1) is 6.10 Å². The van der Waals surface area contributed by atoms with E-state index in [1.165, 1.54) is 24.8 Å². The molecule has 1 aromatic rings. The van der Waals surface area contributed by atoms with Crippen molar-refractivity contribution < 1.29 is 4.74 Å². The molecule has 0 aromatic heterocycles. The lowest BCUT2D eigenvalue weighted by molar-refractivity contribution is 0.241. The first-order chi connectivity index (χ1) is 8.99. The Balaban J connectivity index is 2.19. The van der Waals surface area contributed by atoms with Gasteiger partial charge in [-0.05, 0) is 56.7 Å². The maximum atomic E-state index is 6.69. The van der Waals surface area contributed by atoms with Crippen molar-refractivity contribution in [2.75, 3.05) is 0 Å². The first-order valence-corrected chi connectivity index (χ1v) is 7.56. The van der Waals surface area contributed by atoms with Crippen LogP contribution in [0.3, 0.4) is 0 Å². The van der Waals surface area contributed by atoms with Gasteiger partial charge in [0.15, 0.2) is 0 Å². The van der Waals surface area contributed by atoms with Crippen LogP contribution in [-0.4, -0.2) is 6.10 Å². The van der Waals surface area contributed by atoms with Gasteiger partial charge in [0.2, 0.25) is 0 Å². The molecule has 106 valence electrons. The molecule has 2 nitrogen and oxygen atoms in total. The first-order valence-electron chi connectivity index (χ1n) is 7.56. The molecule has 0 saturated heterocycles. The highest BCUT2D eigenvalue weighted by molar-refractivity contribution is 5.33. The molecule has 2 unspecified atom stereocenters. The summed E-state index contributed by atoms with van der Waals surface area (Å²) in [7, 11) is 0. The van der Waals surface area contributed by atoms with E-state index < -0.39 is 0 Å². The zero-order valence-electron chi connectivity index (χ0n) is 12.5. The molecule has 1 fully saturated rings. The normalized spacial score (nSPS) is 28.2. The van der Waals surface area contributed by atoms with Gasteiger partial charge in [-0.25, -0.2) is 0 Å². The van der Waals surface area contributed by atoms with Crippen LogP contribution >= 0.6 is 0 Å². The van der Waals surface area contributed by atoms with Crippen LogP contribution in [0.25, 0.3) is 0 Å². The number of nitrogens with two attached hydrogens (primary N) is 1. The van der Waals surface area contributed by atoms with Crippen LogP contribution < -0.4 is 10.5 Å². The number of hydrogen-bond acceptors (Lipinski definition) is 2. The van der Waals surface area contributed by atoms with E-state index in [9.17, 15) is 0 Å². The second-order valence-corrected chi connectivity index (χ2v) is 6.39. The summed E-state index contributed by atoms with van der Waals surface area (Å²) in [6, 6.07) is 8.38. The Kier molecular flexibility index (Phi) is 4.51. The van der Waals surface area contributed by atoms with Crippen LogP contribution in [0.2, 0.25) is 0 Å². The molecule has 0 radical (unpaired) electrons. The smallest absolute Gasteiger partial charge is 0.120 e. The highest BCUT2D eigenvalue weighted by Gasteiger charge is 2.30. The third-order valence-electron chi connectivity index (χ3n) is 4.18. The Bertz CT molecular complexity index is 415. The van der Waals surface area contributed by atoms with Crippen LogP contribution in [0, 0.1) is 5.92 Å². The summed E-state index contributed by atoms with van der Waals surface area (Å²) in [6.45, 7) is 6.44. The molecule has 1 aliphatic carbocycles. The lowest BCUT2D eigenvalue weighted by Crippen LogP contribution is -2.36. The van der Waals surface area contributed by atoms with Crippen molar-refractivity contribution in [1.82, 2.24) is 0 Å². The molecule has 2 heteroatoms. The Morgan fingerprint density at radius 3 is 2.79 bits per heavy atom. The Morgan fingerprint density at radius 2 is 2.05 bits per heavy atom. The molecule has 0 heterocycles. The average Bonchev–Trinajstić information content (AvgIpc) is 2.52. The lowest BCUT2D eigenvalue weighted by atomic mass is 9.83. The minimum absolute atomic E-state index is 0.166. The zero-order valence-corrected chi connectivity index (χ0v) is 12.5. The predicted molar refractivity (Wildman–Crippen MR) is 80.3 cm³/mol. The highest BCUT2D eigenvalue weighted by Crippen LogP contribution is 2.36. The van der Waals surface area contributed by atoms with Crippen LogP contribution in [-0.2, 0) is 5.54 Å². The summed E-state index contributed by atoms with van der Waals surface area (Å²) in [6.07, 6.45) is 6.14. The van der Waals surface area contributed by atoms with Crippen molar-refractivity contribution in [1.29, 1.82) is 0 Å². The summed E-state index contributed by atoms with van der Waals surface area (Å²) < 4.78 is 5.79. The molecule has 2 atom stereocenters. The van der Waals surface area contributed by atoms with E-state index in [0.717, 1.165) is 24.5 Å². The van der Waals surface area contributed by atoms with Crippen molar-refractivity contribution in [2.24, 2.45) is 11.7 Å². The average molecular weight is 261 g/mol. The predicted octanol–water partition coefficient (Wildman–Crippen LogP) is 4.23. The monoisotopic (exact) mass is 261 g/mol. The van der Waals surface area contributed by atoms with Crippen LogP contribution in [0.1, 0.15) is 58.4 Å². The third kappa shape index (κ3) is 3.73. The highest BCUT2D eigenvalue weighted by atomic mass is 16.5. The Morgan fingerprint density at radius 1 is 1.26 bits per heavy atom. The minimum atomic E-state index is -0.166. The van der Waals surface area contributed by atoms with E-state index in [-0.39, 0.29) is 11.6 Å². The lowest BCUT2D eigenvalue weighted by Gasteiger charge is -2.29. The Labute approximate surface area is 117 Å². The second-order valence-electron chi connectivity index (χ2n) is 6.39. The standard InChI is InChI=1S/C17H27NO/c1-13(2)19-16-8-4-7-15(12-16)17(18)10-5-6-14(3)9-11-17/h4,7-8,12-14H,5-6,9-11,18H2,1-3H3. The molecular weight excluding hydrogens is 234 g/mol. The van der Waals surface area contributed by atoms with Crippen LogP contribution in [0.5, 0.6) is 5.75 Å². The fourth-order valence-corrected chi connectivity index (χ4v) is 2.98. The quantitative estimate of drug-likeness (QED) is 0.826. The maximum absolute atomic E-state index is 6.69. The van der Waals surface area contributed by atoms with E-state index in [1.807, 2.05) is 6.07 Å². The van der Waals surface area contributed by atoms with Crippen molar-refractivity contribution in [3.05, 3.63) is 29.8 Å². The summed E-state index contributed by atoms with van der Waals surface area (Å²) in [4.78, 5) is 0. The summed E-state index contributed by atoms with van der Waals surface area (Å²) in [5.41, 5.74) is 7.76. The van der Waals surface area contributed by atoms with E-state index in [2.05, 4.69) is 39.0 Å². The van der Waals surface area contributed by atoms with Gasteiger partial charge in [-0.3, -0.25) is 0 Å². The van der Waals surface area contributed by atoms with Crippen molar-refractivity contribution in [3.8, 4) is 5.75 Å². The summed E-state index contributed by atoms with van der Waals surface area (Å²) in [5, 5.41) is 0. The number of benzene rings is 1. The molecule has 19 heavy (non-hydrogen) atoms. The topological polar surface area (TPSA) is 35.2 Å². The van der Waals surface area contributed by atoms with Gasteiger partial charge in [-0.1, -0.05) is 31.9 Å². The summed E-state index contributed by atoms with van der Waals surface area (Å²) in [5.74, 6) is 1.75. The molecule has 1 saturated carbocycles. The molecule has 2 rings (SSSR count). The van der Waals surface area contributed by atoms with Crippen LogP contribution in [0.15, 0.2) is 24.3 Å². The molecule has 2 N–H and O–H groups in total. The molecule has 0 amide bonds. The van der Waals surface area contributed by atoms with Crippen molar-refractivity contribution in [2.45, 2.75) is 64.5 Å². The van der Waals surface area contributed by atoms with E-state index in [1.54, 1.807) is 0 Å². The van der Waals surface area contributed by atoms with E-state index >= 15 is 0 Å². The van der Waals surface area contributed by atoms with E-state index in [0.29, 0.717) is 0 Å². The molecule has 0 bridgehead atoms. The van der Waals surface area contributed by atoms with E-state index in [4.69, 9.17) is 10.5 Å². The SMILES string of the molecule is CC1CCCC(N)(c2cccc(OC(C)C)c2)CC1. The fourth-order valence-electron chi connectivity index (χ4n) is 2.98. The third-order valence-corrected chi connectivity index (χ3v) is 4.18. The zero-order chi connectivity index (χ0) is 13.9. The van der Waals surface area contributed by atoms with Gasteiger partial charge in [0, 0.05) is 5.54 Å². The van der Waals surface area contributed by atoms with Gasteiger partial charge in [0.25, 0.3) is 0 Å². The molecule has 0 spiro atoms. The largest absolute Gasteiger partial charge is 0.491 e. The molecular formula is C17H27NO. The van der Waals surface area contributed by atoms with Crippen molar-refractivity contribution in [3.63, 3.8) is 0 Å². The van der Waals surface area contributed by atoms with Gasteiger partial charge in [-0.15, -0.1) is 0 Å². The maximum Gasteiger partial charge on any atom is 0.120 e. The minimum Gasteiger partial charge on any atom is -0.491 e. The fraction of sp³-hybridized carbons (Fsp3) is 0.647. The number of rotatable bonds is 3. The van der Waals surface area contributed by atoms with Gasteiger partial charge < -0.3 is 10.5 Å². The number of ether oxygens (including phenoxy) is 1. The Hall–Kier alpha value is -1.02. The first kappa shape index (κ1) is 14.4. The van der Waals surface area contributed by atoms with Gasteiger partial charge in [0.1, 0.15) is 5.75 Å². The summed E-state index contributed by atoms with van der Waals surface area (Å²) >= 11 is 0. The molecule has 1 aromatic carbocycles. The van der Waals surface area contributed by atoms with Gasteiger partial charge in [-0.2, -0.15) is 0 Å². The van der Waals surface area contributed by atoms with Gasteiger partial charge >= 0.3 is 0 Å².